The van der Waals surface area contributed by atoms with E-state index in [0.29, 0.717) is 17.2 Å². The number of anilines is 1. The van der Waals surface area contributed by atoms with Gasteiger partial charge in [0, 0.05) is 31.7 Å². The summed E-state index contributed by atoms with van der Waals surface area (Å²) in [5.74, 6) is 2.05. The van der Waals surface area contributed by atoms with Crippen LogP contribution in [-0.4, -0.2) is 35.8 Å². The molecule has 0 unspecified atom stereocenters. The molecule has 0 aromatic carbocycles. The molecule has 0 N–H and O–H groups in total. The number of hydrogen-bond donors (Lipinski definition) is 0. The summed E-state index contributed by atoms with van der Waals surface area (Å²) in [6.07, 6.45) is 2.49. The fourth-order valence-electron chi connectivity index (χ4n) is 2.33. The second kappa shape index (κ2) is 6.53. The third-order valence-corrected chi connectivity index (χ3v) is 3.58. The van der Waals surface area contributed by atoms with Crippen LogP contribution in [0.2, 0.25) is 5.15 Å². The van der Waals surface area contributed by atoms with Crippen LogP contribution in [0.3, 0.4) is 0 Å². The van der Waals surface area contributed by atoms with E-state index in [2.05, 4.69) is 28.7 Å². The van der Waals surface area contributed by atoms with E-state index in [-0.39, 0.29) is 0 Å². The van der Waals surface area contributed by atoms with Crippen LogP contribution in [-0.2, 0) is 4.74 Å². The lowest BCUT2D eigenvalue weighted by Gasteiger charge is -2.32. The van der Waals surface area contributed by atoms with Crippen molar-refractivity contribution in [1.29, 1.82) is 0 Å². The molecule has 2 heterocycles. The van der Waals surface area contributed by atoms with Crippen LogP contribution >= 0.6 is 11.6 Å². The fraction of sp³-hybridized carbons (Fsp3) is 0.714. The van der Waals surface area contributed by atoms with Crippen molar-refractivity contribution in [1.82, 2.24) is 9.97 Å². The van der Waals surface area contributed by atoms with Crippen molar-refractivity contribution in [2.75, 3.05) is 24.6 Å². The number of aromatic nitrogens is 2. The Morgan fingerprint density at radius 1 is 1.37 bits per heavy atom. The first-order chi connectivity index (χ1) is 9.10. The second-order valence-electron chi connectivity index (χ2n) is 5.20. The first-order valence-corrected chi connectivity index (χ1v) is 7.39. The Morgan fingerprint density at radius 3 is 2.63 bits per heavy atom. The van der Waals surface area contributed by atoms with E-state index in [0.717, 1.165) is 44.2 Å². The van der Waals surface area contributed by atoms with Crippen LogP contribution in [0.1, 0.15) is 45.4 Å². The van der Waals surface area contributed by atoms with E-state index in [4.69, 9.17) is 16.3 Å². The molecule has 1 aromatic rings. The van der Waals surface area contributed by atoms with Gasteiger partial charge in [-0.2, -0.15) is 0 Å². The highest BCUT2D eigenvalue weighted by Crippen LogP contribution is 2.23. The molecule has 106 valence electrons. The standard InChI is InChI=1S/C14H22ClN3O/c1-4-19-11-5-7-18(8-6-11)13-9-12(15)16-14(17-13)10(2)3/h9-11H,4-8H2,1-3H3. The fourth-order valence-corrected chi connectivity index (χ4v) is 2.51. The van der Waals surface area contributed by atoms with Gasteiger partial charge in [0.1, 0.15) is 16.8 Å². The van der Waals surface area contributed by atoms with Gasteiger partial charge < -0.3 is 9.64 Å². The highest BCUT2D eigenvalue weighted by Gasteiger charge is 2.21. The molecule has 2 rings (SSSR count). The molecular formula is C14H22ClN3O. The van der Waals surface area contributed by atoms with Gasteiger partial charge in [0.05, 0.1) is 6.10 Å². The van der Waals surface area contributed by atoms with Gasteiger partial charge in [-0.1, -0.05) is 25.4 Å². The lowest BCUT2D eigenvalue weighted by atomic mass is 10.1. The maximum atomic E-state index is 6.09. The summed E-state index contributed by atoms with van der Waals surface area (Å²) >= 11 is 6.09. The maximum absolute atomic E-state index is 6.09. The Labute approximate surface area is 120 Å². The molecule has 0 bridgehead atoms. The van der Waals surface area contributed by atoms with Gasteiger partial charge in [-0.05, 0) is 19.8 Å². The second-order valence-corrected chi connectivity index (χ2v) is 5.59. The number of halogens is 1. The lowest BCUT2D eigenvalue weighted by molar-refractivity contribution is 0.0458. The zero-order chi connectivity index (χ0) is 13.8. The summed E-state index contributed by atoms with van der Waals surface area (Å²) in [6.45, 7) is 8.94. The number of piperidine rings is 1. The van der Waals surface area contributed by atoms with Gasteiger partial charge in [-0.3, -0.25) is 0 Å². The first kappa shape index (κ1) is 14.5. The van der Waals surface area contributed by atoms with Crippen molar-refractivity contribution in [3.63, 3.8) is 0 Å². The molecule has 0 atom stereocenters. The summed E-state index contributed by atoms with van der Waals surface area (Å²) in [5, 5.41) is 0.528. The van der Waals surface area contributed by atoms with Crippen LogP contribution < -0.4 is 4.90 Å². The highest BCUT2D eigenvalue weighted by molar-refractivity contribution is 6.29. The summed E-state index contributed by atoms with van der Waals surface area (Å²) in [7, 11) is 0. The van der Waals surface area contributed by atoms with Crippen LogP contribution in [0.15, 0.2) is 6.07 Å². The van der Waals surface area contributed by atoms with Crippen LogP contribution in [0, 0.1) is 0 Å². The zero-order valence-corrected chi connectivity index (χ0v) is 12.7. The van der Waals surface area contributed by atoms with Gasteiger partial charge in [0.2, 0.25) is 0 Å². The Hall–Kier alpha value is -0.870. The topological polar surface area (TPSA) is 38.2 Å². The third kappa shape index (κ3) is 3.80. The quantitative estimate of drug-likeness (QED) is 0.795. The highest BCUT2D eigenvalue weighted by atomic mass is 35.5. The predicted octanol–water partition coefficient (Wildman–Crippen LogP) is 3.26. The smallest absolute Gasteiger partial charge is 0.135 e. The van der Waals surface area contributed by atoms with E-state index < -0.39 is 0 Å². The van der Waals surface area contributed by atoms with Gasteiger partial charge in [0.25, 0.3) is 0 Å². The molecule has 4 nitrogen and oxygen atoms in total. The van der Waals surface area contributed by atoms with Crippen molar-refractivity contribution in [2.45, 2.75) is 45.6 Å². The molecule has 1 aliphatic rings. The van der Waals surface area contributed by atoms with Crippen LogP contribution in [0.4, 0.5) is 5.82 Å². The average Bonchev–Trinajstić information content (AvgIpc) is 2.39. The van der Waals surface area contributed by atoms with Crippen molar-refractivity contribution in [3.8, 4) is 0 Å². The van der Waals surface area contributed by atoms with Gasteiger partial charge >= 0.3 is 0 Å². The van der Waals surface area contributed by atoms with E-state index in [1.54, 1.807) is 0 Å². The Balaban J connectivity index is 2.06. The largest absolute Gasteiger partial charge is 0.378 e. The molecule has 19 heavy (non-hydrogen) atoms. The van der Waals surface area contributed by atoms with E-state index in [1.165, 1.54) is 0 Å². The number of hydrogen-bond acceptors (Lipinski definition) is 4. The first-order valence-electron chi connectivity index (χ1n) is 7.01. The minimum atomic E-state index is 0.290. The van der Waals surface area contributed by atoms with Gasteiger partial charge in [-0.15, -0.1) is 0 Å². The average molecular weight is 284 g/mol. The third-order valence-electron chi connectivity index (χ3n) is 3.38. The molecule has 0 radical (unpaired) electrons. The minimum absolute atomic E-state index is 0.290. The Bertz CT molecular complexity index is 417. The van der Waals surface area contributed by atoms with Gasteiger partial charge in [0.15, 0.2) is 0 Å². The minimum Gasteiger partial charge on any atom is -0.378 e. The summed E-state index contributed by atoms with van der Waals surface area (Å²) in [4.78, 5) is 11.2. The summed E-state index contributed by atoms with van der Waals surface area (Å²) in [5.41, 5.74) is 0. The van der Waals surface area contributed by atoms with E-state index >= 15 is 0 Å². The molecular weight excluding hydrogens is 262 g/mol. The van der Waals surface area contributed by atoms with Crippen LogP contribution in [0.5, 0.6) is 0 Å². The number of nitrogens with zero attached hydrogens (tertiary/aromatic N) is 3. The maximum Gasteiger partial charge on any atom is 0.135 e. The molecule has 5 heteroatoms. The molecule has 1 saturated heterocycles. The normalized spacial score (nSPS) is 17.2. The van der Waals surface area contributed by atoms with Crippen molar-refractivity contribution >= 4 is 17.4 Å². The molecule has 0 aliphatic carbocycles. The molecule has 0 amide bonds. The Morgan fingerprint density at radius 2 is 2.05 bits per heavy atom. The van der Waals surface area contributed by atoms with E-state index in [1.807, 2.05) is 13.0 Å². The molecule has 0 spiro atoms. The monoisotopic (exact) mass is 283 g/mol. The zero-order valence-electron chi connectivity index (χ0n) is 11.9. The molecule has 1 fully saturated rings. The molecule has 1 aromatic heterocycles. The number of rotatable bonds is 4. The number of ether oxygens (including phenoxy) is 1. The Kier molecular flexibility index (Phi) is 4.99. The van der Waals surface area contributed by atoms with Crippen molar-refractivity contribution < 1.29 is 4.74 Å². The predicted molar refractivity (Wildman–Crippen MR) is 78.0 cm³/mol. The molecule has 0 saturated carbocycles. The van der Waals surface area contributed by atoms with E-state index in [9.17, 15) is 0 Å². The SMILES string of the molecule is CCOC1CCN(c2cc(Cl)nc(C(C)C)n2)CC1. The summed E-state index contributed by atoms with van der Waals surface area (Å²) < 4.78 is 5.67. The lowest BCUT2D eigenvalue weighted by Crippen LogP contribution is -2.37. The van der Waals surface area contributed by atoms with Crippen molar-refractivity contribution in [3.05, 3.63) is 17.0 Å². The van der Waals surface area contributed by atoms with Gasteiger partial charge in [-0.25, -0.2) is 9.97 Å². The van der Waals surface area contributed by atoms with Crippen LogP contribution in [0.25, 0.3) is 0 Å². The molecule has 1 aliphatic heterocycles. The summed E-state index contributed by atoms with van der Waals surface area (Å²) in [6, 6.07) is 1.86. The van der Waals surface area contributed by atoms with Crippen molar-refractivity contribution in [2.24, 2.45) is 0 Å².